The summed E-state index contributed by atoms with van der Waals surface area (Å²) in [5.41, 5.74) is 4.60. The van der Waals surface area contributed by atoms with Gasteiger partial charge in [0.2, 0.25) is 0 Å². The molecule has 2 aliphatic rings. The van der Waals surface area contributed by atoms with Gasteiger partial charge in [0.1, 0.15) is 5.82 Å². The molecule has 1 saturated carbocycles. The standard InChI is InChI=1S/C23H31N3/c1-18-6-5-7-19(2)23(18)20-9-11-21(12-10-20)25-14-16-26(17-15-25)22-8-3-4-13-24-22/h3-8,13,20-21H,9-12,14-17H2,1-2H3. The highest BCUT2D eigenvalue weighted by Crippen LogP contribution is 2.37. The second kappa shape index (κ2) is 7.79. The number of piperazine rings is 1. The number of anilines is 1. The first-order chi connectivity index (χ1) is 12.7. The Balaban J connectivity index is 1.32. The van der Waals surface area contributed by atoms with Crippen LogP contribution in [0.1, 0.15) is 48.3 Å². The Bertz CT molecular complexity index is 691. The highest BCUT2D eigenvalue weighted by molar-refractivity contribution is 5.38. The molecule has 0 N–H and O–H groups in total. The van der Waals surface area contributed by atoms with E-state index in [-0.39, 0.29) is 0 Å². The molecule has 2 heterocycles. The lowest BCUT2D eigenvalue weighted by molar-refractivity contribution is 0.141. The second-order valence-electron chi connectivity index (χ2n) is 8.02. The Morgan fingerprint density at radius 1 is 0.808 bits per heavy atom. The number of rotatable bonds is 3. The van der Waals surface area contributed by atoms with Gasteiger partial charge in [0, 0.05) is 38.4 Å². The molecule has 138 valence electrons. The Kier molecular flexibility index (Phi) is 5.26. The van der Waals surface area contributed by atoms with E-state index in [1.165, 1.54) is 49.9 Å². The molecule has 2 fully saturated rings. The summed E-state index contributed by atoms with van der Waals surface area (Å²) in [7, 11) is 0. The monoisotopic (exact) mass is 349 g/mol. The van der Waals surface area contributed by atoms with Crippen LogP contribution in [0.25, 0.3) is 0 Å². The maximum Gasteiger partial charge on any atom is 0.128 e. The van der Waals surface area contributed by atoms with Crippen LogP contribution in [-0.2, 0) is 0 Å². The van der Waals surface area contributed by atoms with Crippen LogP contribution in [0.15, 0.2) is 42.6 Å². The van der Waals surface area contributed by atoms with E-state index >= 15 is 0 Å². The summed E-state index contributed by atoms with van der Waals surface area (Å²) < 4.78 is 0. The Morgan fingerprint density at radius 3 is 2.12 bits per heavy atom. The zero-order valence-corrected chi connectivity index (χ0v) is 16.2. The largest absolute Gasteiger partial charge is 0.354 e. The fourth-order valence-electron chi connectivity index (χ4n) is 5.06. The molecule has 2 aromatic rings. The van der Waals surface area contributed by atoms with Crippen LogP contribution in [-0.4, -0.2) is 42.1 Å². The van der Waals surface area contributed by atoms with Crippen LogP contribution in [0.4, 0.5) is 5.82 Å². The van der Waals surface area contributed by atoms with Crippen molar-refractivity contribution in [2.24, 2.45) is 0 Å². The van der Waals surface area contributed by atoms with E-state index < -0.39 is 0 Å². The van der Waals surface area contributed by atoms with Crippen LogP contribution in [0, 0.1) is 13.8 Å². The van der Waals surface area contributed by atoms with Crippen LogP contribution in [0.2, 0.25) is 0 Å². The lowest BCUT2D eigenvalue weighted by Gasteiger charge is -2.42. The molecular weight excluding hydrogens is 318 g/mol. The van der Waals surface area contributed by atoms with Gasteiger partial charge in [-0.15, -0.1) is 0 Å². The third-order valence-electron chi connectivity index (χ3n) is 6.45. The number of hydrogen-bond donors (Lipinski definition) is 0. The minimum absolute atomic E-state index is 0.766. The van der Waals surface area contributed by atoms with E-state index in [1.807, 2.05) is 12.3 Å². The fraction of sp³-hybridized carbons (Fsp3) is 0.522. The van der Waals surface area contributed by atoms with Crippen LogP contribution in [0.3, 0.4) is 0 Å². The summed E-state index contributed by atoms with van der Waals surface area (Å²) in [4.78, 5) is 9.67. The summed E-state index contributed by atoms with van der Waals surface area (Å²) in [6.07, 6.45) is 7.29. The van der Waals surface area contributed by atoms with Crippen molar-refractivity contribution in [2.45, 2.75) is 51.5 Å². The molecule has 3 nitrogen and oxygen atoms in total. The molecule has 26 heavy (non-hydrogen) atoms. The molecule has 1 saturated heterocycles. The van der Waals surface area contributed by atoms with Gasteiger partial charge < -0.3 is 4.90 Å². The summed E-state index contributed by atoms with van der Waals surface area (Å²) in [5, 5.41) is 0. The average Bonchev–Trinajstić information content (AvgIpc) is 2.69. The summed E-state index contributed by atoms with van der Waals surface area (Å²) in [6, 6.07) is 13.8. The molecule has 4 rings (SSSR count). The van der Waals surface area contributed by atoms with Gasteiger partial charge in [0.25, 0.3) is 0 Å². The van der Waals surface area contributed by atoms with Crippen molar-refractivity contribution in [1.82, 2.24) is 9.88 Å². The SMILES string of the molecule is Cc1cccc(C)c1C1CCC(N2CCN(c3ccccn3)CC2)CC1. The molecule has 1 aliphatic carbocycles. The highest BCUT2D eigenvalue weighted by Gasteiger charge is 2.30. The zero-order chi connectivity index (χ0) is 17.9. The van der Waals surface area contributed by atoms with Gasteiger partial charge in [-0.3, -0.25) is 4.90 Å². The quantitative estimate of drug-likeness (QED) is 0.810. The molecule has 0 bridgehead atoms. The number of aromatic nitrogens is 1. The van der Waals surface area contributed by atoms with Gasteiger partial charge in [-0.05, 0) is 74.3 Å². The maximum absolute atomic E-state index is 4.51. The van der Waals surface area contributed by atoms with Crippen LogP contribution < -0.4 is 4.90 Å². The van der Waals surface area contributed by atoms with E-state index in [4.69, 9.17) is 0 Å². The molecule has 0 unspecified atom stereocenters. The molecule has 1 aliphatic heterocycles. The lowest BCUT2D eigenvalue weighted by Crippen LogP contribution is -2.51. The normalized spacial score (nSPS) is 24.6. The van der Waals surface area contributed by atoms with Gasteiger partial charge in [-0.2, -0.15) is 0 Å². The lowest BCUT2D eigenvalue weighted by atomic mass is 9.78. The predicted octanol–water partition coefficient (Wildman–Crippen LogP) is 4.55. The van der Waals surface area contributed by atoms with Crippen molar-refractivity contribution in [1.29, 1.82) is 0 Å². The molecule has 3 heteroatoms. The van der Waals surface area contributed by atoms with Gasteiger partial charge in [-0.25, -0.2) is 4.98 Å². The molecule has 1 aromatic carbocycles. The minimum Gasteiger partial charge on any atom is -0.354 e. The number of benzene rings is 1. The Morgan fingerprint density at radius 2 is 1.50 bits per heavy atom. The molecule has 0 spiro atoms. The van der Waals surface area contributed by atoms with Gasteiger partial charge in [0.05, 0.1) is 0 Å². The first kappa shape index (κ1) is 17.5. The van der Waals surface area contributed by atoms with Crippen molar-refractivity contribution in [3.8, 4) is 0 Å². The molecule has 0 amide bonds. The van der Waals surface area contributed by atoms with Crippen molar-refractivity contribution in [3.63, 3.8) is 0 Å². The van der Waals surface area contributed by atoms with Crippen LogP contribution in [0.5, 0.6) is 0 Å². The summed E-state index contributed by atoms with van der Waals surface area (Å²) >= 11 is 0. The highest BCUT2D eigenvalue weighted by atomic mass is 15.3. The van der Waals surface area contributed by atoms with Gasteiger partial charge in [0.15, 0.2) is 0 Å². The average molecular weight is 350 g/mol. The summed E-state index contributed by atoms with van der Waals surface area (Å²) in [5.74, 6) is 1.90. The van der Waals surface area contributed by atoms with Crippen molar-refractivity contribution in [2.75, 3.05) is 31.1 Å². The molecule has 0 radical (unpaired) electrons. The predicted molar refractivity (Wildman–Crippen MR) is 109 cm³/mol. The third-order valence-corrected chi connectivity index (χ3v) is 6.45. The van der Waals surface area contributed by atoms with E-state index in [2.05, 4.69) is 59.0 Å². The summed E-state index contributed by atoms with van der Waals surface area (Å²) in [6.45, 7) is 9.13. The second-order valence-corrected chi connectivity index (χ2v) is 8.02. The number of hydrogen-bond acceptors (Lipinski definition) is 3. The minimum atomic E-state index is 0.766. The number of nitrogens with zero attached hydrogens (tertiary/aromatic N) is 3. The Labute approximate surface area is 158 Å². The first-order valence-corrected chi connectivity index (χ1v) is 10.2. The Hall–Kier alpha value is -1.87. The first-order valence-electron chi connectivity index (χ1n) is 10.2. The number of aryl methyl sites for hydroxylation is 2. The molecular formula is C23H31N3. The number of pyridine rings is 1. The molecule has 0 atom stereocenters. The third kappa shape index (κ3) is 3.64. The van der Waals surface area contributed by atoms with E-state index in [0.29, 0.717) is 0 Å². The topological polar surface area (TPSA) is 19.4 Å². The van der Waals surface area contributed by atoms with E-state index in [1.54, 1.807) is 5.56 Å². The zero-order valence-electron chi connectivity index (χ0n) is 16.2. The van der Waals surface area contributed by atoms with Gasteiger partial charge >= 0.3 is 0 Å². The van der Waals surface area contributed by atoms with Crippen molar-refractivity contribution >= 4 is 5.82 Å². The van der Waals surface area contributed by atoms with Crippen molar-refractivity contribution in [3.05, 3.63) is 59.3 Å². The molecule has 1 aromatic heterocycles. The van der Waals surface area contributed by atoms with E-state index in [9.17, 15) is 0 Å². The fourth-order valence-corrected chi connectivity index (χ4v) is 5.06. The maximum atomic E-state index is 4.51. The smallest absolute Gasteiger partial charge is 0.128 e. The van der Waals surface area contributed by atoms with Crippen molar-refractivity contribution < 1.29 is 0 Å². The van der Waals surface area contributed by atoms with Crippen LogP contribution >= 0.6 is 0 Å². The van der Waals surface area contributed by atoms with E-state index in [0.717, 1.165) is 30.9 Å². The van der Waals surface area contributed by atoms with Gasteiger partial charge in [-0.1, -0.05) is 24.3 Å².